The van der Waals surface area contributed by atoms with Gasteiger partial charge in [0, 0.05) is 23.0 Å². The zero-order chi connectivity index (χ0) is 18.8. The summed E-state index contributed by atoms with van der Waals surface area (Å²) >= 11 is 0. The highest BCUT2D eigenvalue weighted by Gasteiger charge is 2.34. The van der Waals surface area contributed by atoms with Gasteiger partial charge in [-0.3, -0.25) is 4.79 Å². The first kappa shape index (κ1) is 17.3. The highest BCUT2D eigenvalue weighted by atomic mass is 19.1. The minimum Gasteiger partial charge on any atom is -0.378 e. The molecule has 1 amide bonds. The molecule has 1 aliphatic rings. The molecule has 0 radical (unpaired) electrons. The summed E-state index contributed by atoms with van der Waals surface area (Å²) in [6.45, 7) is 2.05. The van der Waals surface area contributed by atoms with Gasteiger partial charge in [-0.15, -0.1) is 0 Å². The predicted octanol–water partition coefficient (Wildman–Crippen LogP) is 5.42. The quantitative estimate of drug-likeness (QED) is 0.676. The largest absolute Gasteiger partial charge is 0.378 e. The van der Waals surface area contributed by atoms with Crippen molar-refractivity contribution in [3.8, 4) is 0 Å². The number of para-hydroxylation sites is 2. The van der Waals surface area contributed by atoms with E-state index >= 15 is 0 Å². The average molecular weight is 360 g/mol. The summed E-state index contributed by atoms with van der Waals surface area (Å²) in [5.41, 5.74) is 3.55. The summed E-state index contributed by atoms with van der Waals surface area (Å²) in [7, 11) is 0. The maximum atomic E-state index is 13.2. The highest BCUT2D eigenvalue weighted by Crippen LogP contribution is 2.39. The van der Waals surface area contributed by atoms with E-state index in [1.54, 1.807) is 12.1 Å². The van der Waals surface area contributed by atoms with Crippen LogP contribution in [0.25, 0.3) is 0 Å². The Morgan fingerprint density at radius 3 is 2.37 bits per heavy atom. The van der Waals surface area contributed by atoms with Crippen LogP contribution in [0.3, 0.4) is 0 Å². The molecule has 0 saturated carbocycles. The number of benzene rings is 3. The molecule has 3 aromatic carbocycles. The molecule has 4 rings (SSSR count). The summed E-state index contributed by atoms with van der Waals surface area (Å²) in [6, 6.07) is 23.9. The normalized spacial score (nSPS) is 18.7. The number of amides is 1. The summed E-state index contributed by atoms with van der Waals surface area (Å²) in [4.78, 5) is 15.0. The number of carbonyl (C=O) groups excluding carboxylic acids is 1. The Balaban J connectivity index is 1.68. The van der Waals surface area contributed by atoms with Gasteiger partial charge in [0.05, 0.1) is 6.04 Å². The second-order valence-electron chi connectivity index (χ2n) is 6.89. The molecular weight excluding hydrogens is 339 g/mol. The van der Waals surface area contributed by atoms with Crippen LogP contribution in [0.2, 0.25) is 0 Å². The number of fused-ring (bicyclic) bond motifs is 1. The lowest BCUT2D eigenvalue weighted by molar-refractivity contribution is 0.0974. The van der Waals surface area contributed by atoms with Gasteiger partial charge in [-0.25, -0.2) is 4.39 Å². The number of rotatable bonds is 3. The smallest absolute Gasteiger partial charge is 0.258 e. The van der Waals surface area contributed by atoms with E-state index in [2.05, 4.69) is 18.3 Å². The SMILES string of the molecule is C[C@@H]1C[C@H](Nc2ccccc2)c2ccccc2N1C(=O)c1ccc(F)cc1. The third-order valence-corrected chi connectivity index (χ3v) is 5.01. The lowest BCUT2D eigenvalue weighted by Crippen LogP contribution is -2.44. The van der Waals surface area contributed by atoms with Gasteiger partial charge in [0.2, 0.25) is 0 Å². The van der Waals surface area contributed by atoms with Gasteiger partial charge in [-0.05, 0) is 61.4 Å². The number of hydrogen-bond acceptors (Lipinski definition) is 2. The molecule has 4 heteroatoms. The second-order valence-corrected chi connectivity index (χ2v) is 6.89. The summed E-state index contributed by atoms with van der Waals surface area (Å²) in [5, 5.41) is 3.59. The lowest BCUT2D eigenvalue weighted by atomic mass is 9.90. The minimum atomic E-state index is -0.342. The van der Waals surface area contributed by atoms with Crippen molar-refractivity contribution in [2.75, 3.05) is 10.2 Å². The number of hydrogen-bond donors (Lipinski definition) is 1. The van der Waals surface area contributed by atoms with Gasteiger partial charge in [-0.2, -0.15) is 0 Å². The van der Waals surface area contributed by atoms with Crippen molar-refractivity contribution in [1.82, 2.24) is 0 Å². The summed E-state index contributed by atoms with van der Waals surface area (Å²) in [5.74, 6) is -0.445. The van der Waals surface area contributed by atoms with Gasteiger partial charge in [0.15, 0.2) is 0 Å². The molecule has 0 bridgehead atoms. The van der Waals surface area contributed by atoms with Crippen LogP contribution in [0, 0.1) is 5.82 Å². The fraction of sp³-hybridized carbons (Fsp3) is 0.174. The van der Waals surface area contributed by atoms with E-state index in [4.69, 9.17) is 0 Å². The number of halogens is 1. The van der Waals surface area contributed by atoms with Crippen LogP contribution >= 0.6 is 0 Å². The second kappa shape index (κ2) is 7.23. The first-order valence-corrected chi connectivity index (χ1v) is 9.13. The van der Waals surface area contributed by atoms with Crippen molar-refractivity contribution in [2.24, 2.45) is 0 Å². The molecule has 1 aliphatic heterocycles. The van der Waals surface area contributed by atoms with Crippen molar-refractivity contribution in [3.63, 3.8) is 0 Å². The molecule has 0 saturated heterocycles. The number of nitrogens with one attached hydrogen (secondary N) is 1. The van der Waals surface area contributed by atoms with Crippen molar-refractivity contribution >= 4 is 17.3 Å². The topological polar surface area (TPSA) is 32.3 Å². The van der Waals surface area contributed by atoms with E-state index in [1.165, 1.54) is 12.1 Å². The Hall–Kier alpha value is -3.14. The first-order chi connectivity index (χ1) is 13.1. The van der Waals surface area contributed by atoms with Gasteiger partial charge in [0.1, 0.15) is 5.82 Å². The van der Waals surface area contributed by atoms with E-state index < -0.39 is 0 Å². The minimum absolute atomic E-state index is 0.0127. The van der Waals surface area contributed by atoms with Crippen LogP contribution in [-0.2, 0) is 0 Å². The third-order valence-electron chi connectivity index (χ3n) is 5.01. The Labute approximate surface area is 158 Å². The van der Waals surface area contributed by atoms with Crippen LogP contribution in [0.15, 0.2) is 78.9 Å². The monoisotopic (exact) mass is 360 g/mol. The number of nitrogens with zero attached hydrogens (tertiary/aromatic N) is 1. The molecule has 27 heavy (non-hydrogen) atoms. The van der Waals surface area contributed by atoms with E-state index in [-0.39, 0.29) is 23.8 Å². The number of anilines is 2. The zero-order valence-electron chi connectivity index (χ0n) is 15.1. The molecule has 0 unspecified atom stereocenters. The van der Waals surface area contributed by atoms with Crippen molar-refractivity contribution in [1.29, 1.82) is 0 Å². The van der Waals surface area contributed by atoms with Gasteiger partial charge in [0.25, 0.3) is 5.91 Å². The van der Waals surface area contributed by atoms with Crippen LogP contribution in [0.5, 0.6) is 0 Å². The average Bonchev–Trinajstić information content (AvgIpc) is 2.69. The maximum absolute atomic E-state index is 13.2. The number of carbonyl (C=O) groups is 1. The third kappa shape index (κ3) is 3.43. The molecule has 1 heterocycles. The molecular formula is C23H21FN2O. The van der Waals surface area contributed by atoms with Crippen LogP contribution in [-0.4, -0.2) is 11.9 Å². The first-order valence-electron chi connectivity index (χ1n) is 9.13. The van der Waals surface area contributed by atoms with E-state index in [1.807, 2.05) is 53.4 Å². The summed E-state index contributed by atoms with van der Waals surface area (Å²) < 4.78 is 13.2. The van der Waals surface area contributed by atoms with Gasteiger partial charge >= 0.3 is 0 Å². The van der Waals surface area contributed by atoms with Crippen molar-refractivity contribution in [3.05, 3.63) is 95.8 Å². The zero-order valence-corrected chi connectivity index (χ0v) is 15.1. The van der Waals surface area contributed by atoms with Crippen LogP contribution in [0.1, 0.15) is 35.3 Å². The van der Waals surface area contributed by atoms with E-state index in [0.717, 1.165) is 23.4 Å². The summed E-state index contributed by atoms with van der Waals surface area (Å²) in [6.07, 6.45) is 0.791. The molecule has 0 fully saturated rings. The molecule has 3 aromatic rings. The van der Waals surface area contributed by atoms with E-state index in [0.29, 0.717) is 5.56 Å². The molecule has 0 aromatic heterocycles. The Bertz CT molecular complexity index is 940. The highest BCUT2D eigenvalue weighted by molar-refractivity contribution is 6.07. The van der Waals surface area contributed by atoms with Gasteiger partial charge < -0.3 is 10.2 Å². The van der Waals surface area contributed by atoms with Crippen LogP contribution < -0.4 is 10.2 Å². The van der Waals surface area contributed by atoms with E-state index in [9.17, 15) is 9.18 Å². The molecule has 0 aliphatic carbocycles. The fourth-order valence-electron chi connectivity index (χ4n) is 3.73. The Morgan fingerprint density at radius 2 is 1.63 bits per heavy atom. The Morgan fingerprint density at radius 1 is 0.963 bits per heavy atom. The van der Waals surface area contributed by atoms with Crippen molar-refractivity contribution in [2.45, 2.75) is 25.4 Å². The molecule has 136 valence electrons. The van der Waals surface area contributed by atoms with Crippen molar-refractivity contribution < 1.29 is 9.18 Å². The molecule has 2 atom stereocenters. The van der Waals surface area contributed by atoms with Gasteiger partial charge in [-0.1, -0.05) is 36.4 Å². The van der Waals surface area contributed by atoms with Crippen LogP contribution in [0.4, 0.5) is 15.8 Å². The lowest BCUT2D eigenvalue weighted by Gasteiger charge is -2.40. The molecule has 1 N–H and O–H groups in total. The predicted molar refractivity (Wildman–Crippen MR) is 107 cm³/mol. The fourth-order valence-corrected chi connectivity index (χ4v) is 3.73. The maximum Gasteiger partial charge on any atom is 0.258 e. The standard InChI is InChI=1S/C23H21FN2O/c1-16-15-21(25-19-7-3-2-4-8-19)20-9-5-6-10-22(20)26(16)23(27)17-11-13-18(24)14-12-17/h2-14,16,21,25H,15H2,1H3/t16-,21+/m1/s1. The molecule has 3 nitrogen and oxygen atoms in total. The molecule has 0 spiro atoms. The Kier molecular flexibility index (Phi) is 4.63.